The van der Waals surface area contributed by atoms with E-state index in [-0.39, 0.29) is 0 Å². The lowest BCUT2D eigenvalue weighted by molar-refractivity contribution is -1.63. The first kappa shape index (κ1) is 14.4. The SMILES string of the molecule is CN1CN(C)C(I)=C1I.[O-][I+2]([O-])O. The fourth-order valence-corrected chi connectivity index (χ4v) is 1.89. The van der Waals surface area contributed by atoms with Crippen LogP contribution in [0.4, 0.5) is 0 Å². The van der Waals surface area contributed by atoms with Crippen LogP contribution in [0.1, 0.15) is 0 Å². The lowest BCUT2D eigenvalue weighted by atomic mass is 10.9. The first-order valence-corrected chi connectivity index (χ1v) is 7.96. The molecule has 0 amide bonds. The van der Waals surface area contributed by atoms with Crippen LogP contribution in [0, 0.1) is 0 Å². The van der Waals surface area contributed by atoms with E-state index in [2.05, 4.69) is 69.1 Å². The van der Waals surface area contributed by atoms with E-state index in [1.165, 1.54) is 7.41 Å². The van der Waals surface area contributed by atoms with Crippen LogP contribution >= 0.6 is 45.2 Å². The van der Waals surface area contributed by atoms with Crippen molar-refractivity contribution in [1.29, 1.82) is 0 Å². The Balaban J connectivity index is 0.000000310. The summed E-state index contributed by atoms with van der Waals surface area (Å²) in [5.74, 6) is 0. The van der Waals surface area contributed by atoms with E-state index in [1.54, 1.807) is 0 Å². The Hall–Kier alpha value is 1.41. The van der Waals surface area contributed by atoms with Crippen molar-refractivity contribution < 1.29 is 31.4 Å². The maximum atomic E-state index is 8.68. The zero-order chi connectivity index (χ0) is 10.6. The molecule has 1 N–H and O–H groups in total. The van der Waals surface area contributed by atoms with Crippen molar-refractivity contribution in [1.82, 2.24) is 9.80 Å². The van der Waals surface area contributed by atoms with Gasteiger partial charge in [0.2, 0.25) is 0 Å². The van der Waals surface area contributed by atoms with Crippen LogP contribution in [-0.4, -0.2) is 34.0 Å². The minimum Gasteiger partial charge on any atom is -0.396 e. The van der Waals surface area contributed by atoms with Gasteiger partial charge >= 0.3 is 21.1 Å². The van der Waals surface area contributed by atoms with Crippen LogP contribution < -0.4 is 27.9 Å². The molecule has 0 bridgehead atoms. The van der Waals surface area contributed by atoms with Crippen LogP contribution in [0.3, 0.4) is 0 Å². The largest absolute Gasteiger partial charge is 0.503 e. The molecule has 0 atom stereocenters. The van der Waals surface area contributed by atoms with Crippen molar-refractivity contribution in [3.63, 3.8) is 0 Å². The lowest BCUT2D eigenvalue weighted by Crippen LogP contribution is -3.98. The molecule has 0 saturated heterocycles. The van der Waals surface area contributed by atoms with Gasteiger partial charge in [-0.05, 0) is 48.6 Å². The lowest BCUT2D eigenvalue weighted by Gasteiger charge is -2.13. The van der Waals surface area contributed by atoms with Gasteiger partial charge < -0.3 is 16.7 Å². The van der Waals surface area contributed by atoms with E-state index in [4.69, 9.17) is 10.3 Å². The third-order valence-electron chi connectivity index (χ3n) is 1.26. The summed E-state index contributed by atoms with van der Waals surface area (Å²) in [6, 6.07) is 0. The van der Waals surface area contributed by atoms with Crippen molar-refractivity contribution in [2.75, 3.05) is 20.8 Å². The first-order chi connectivity index (χ1) is 5.86. The molecule has 1 heterocycles. The summed E-state index contributed by atoms with van der Waals surface area (Å²) >= 11 is 0.948. The molecule has 8 heteroatoms. The third-order valence-corrected chi connectivity index (χ3v) is 4.97. The van der Waals surface area contributed by atoms with Crippen LogP contribution in [0.2, 0.25) is 0 Å². The Morgan fingerprint density at radius 2 is 1.46 bits per heavy atom. The second-order valence-corrected chi connectivity index (χ2v) is 5.51. The average Bonchev–Trinajstić information content (AvgIpc) is 2.17. The predicted molar refractivity (Wildman–Crippen MR) is 57.7 cm³/mol. The van der Waals surface area contributed by atoms with E-state index < -0.39 is 21.1 Å². The van der Waals surface area contributed by atoms with Gasteiger partial charge in [0.25, 0.3) is 0 Å². The van der Waals surface area contributed by atoms with E-state index in [1.807, 2.05) is 0 Å². The van der Waals surface area contributed by atoms with Crippen LogP contribution in [-0.2, 0) is 0 Å². The van der Waals surface area contributed by atoms with Crippen molar-refractivity contribution in [2.24, 2.45) is 0 Å². The number of nitrogens with zero attached hydrogens (tertiary/aromatic N) is 2. The van der Waals surface area contributed by atoms with Crippen molar-refractivity contribution in [3.8, 4) is 0 Å². The Bertz CT molecular complexity index is 181. The molecular formula is C5H9I3N2O3. The molecule has 0 radical (unpaired) electrons. The maximum absolute atomic E-state index is 8.68. The van der Waals surface area contributed by atoms with Gasteiger partial charge in [0, 0.05) is 14.1 Å². The van der Waals surface area contributed by atoms with Gasteiger partial charge in [0.1, 0.15) is 7.41 Å². The first-order valence-electron chi connectivity index (χ1n) is 3.08. The molecule has 78 valence electrons. The van der Waals surface area contributed by atoms with Gasteiger partial charge in [-0.1, -0.05) is 0 Å². The minimum absolute atomic E-state index is 1.02. The second kappa shape index (κ2) is 6.81. The number of rotatable bonds is 0. The van der Waals surface area contributed by atoms with E-state index in [9.17, 15) is 0 Å². The molecular weight excluding hydrogens is 517 g/mol. The molecule has 13 heavy (non-hydrogen) atoms. The maximum Gasteiger partial charge on any atom is 0.503 e. The van der Waals surface area contributed by atoms with Gasteiger partial charge in [-0.3, -0.25) is 0 Å². The summed E-state index contributed by atoms with van der Waals surface area (Å²) in [6.45, 7) is 1.02. The molecule has 0 aromatic heterocycles. The Labute approximate surface area is 113 Å². The topological polar surface area (TPSA) is 72.8 Å². The van der Waals surface area contributed by atoms with Crippen molar-refractivity contribution >= 4 is 45.2 Å². The van der Waals surface area contributed by atoms with E-state index >= 15 is 0 Å². The van der Waals surface area contributed by atoms with Gasteiger partial charge in [0.05, 0.1) is 6.67 Å². The molecule has 0 aromatic carbocycles. The van der Waals surface area contributed by atoms with Gasteiger partial charge in [-0.2, -0.15) is 0 Å². The summed E-state index contributed by atoms with van der Waals surface area (Å²) in [4.78, 5) is 4.45. The molecule has 1 aliphatic rings. The summed E-state index contributed by atoms with van der Waals surface area (Å²) in [6.07, 6.45) is 0. The molecule has 0 saturated carbocycles. The highest BCUT2D eigenvalue weighted by atomic mass is 127. The van der Waals surface area contributed by atoms with Crippen LogP contribution in [0.25, 0.3) is 0 Å². The fourth-order valence-electron chi connectivity index (χ4n) is 0.757. The minimum atomic E-state index is -3.76. The van der Waals surface area contributed by atoms with E-state index in [0.717, 1.165) is 6.67 Å². The summed E-state index contributed by atoms with van der Waals surface area (Å²) in [5.41, 5.74) is 0. The Kier molecular flexibility index (Phi) is 7.55. The van der Waals surface area contributed by atoms with Gasteiger partial charge in [-0.25, -0.2) is 0 Å². The normalized spacial score (nSPS) is 16.6. The fraction of sp³-hybridized carbons (Fsp3) is 0.600. The smallest absolute Gasteiger partial charge is 0.396 e. The highest BCUT2D eigenvalue weighted by Crippen LogP contribution is 2.29. The molecule has 0 unspecified atom stereocenters. The number of hydrogen-bond donors (Lipinski definition) is 1. The highest BCUT2D eigenvalue weighted by molar-refractivity contribution is 14.1. The van der Waals surface area contributed by atoms with Crippen molar-refractivity contribution in [2.45, 2.75) is 0 Å². The third kappa shape index (κ3) is 5.76. The highest BCUT2D eigenvalue weighted by Gasteiger charge is 2.18. The zero-order valence-electron chi connectivity index (χ0n) is 7.00. The molecule has 0 spiro atoms. The summed E-state index contributed by atoms with van der Waals surface area (Å²) < 4.78 is 27.2. The Morgan fingerprint density at radius 1 is 1.23 bits per heavy atom. The average molecular weight is 526 g/mol. The summed E-state index contributed by atoms with van der Waals surface area (Å²) in [5, 5.41) is 0. The summed E-state index contributed by atoms with van der Waals surface area (Å²) in [7, 11) is 4.20. The Morgan fingerprint density at radius 3 is 1.54 bits per heavy atom. The van der Waals surface area contributed by atoms with E-state index in [0.29, 0.717) is 0 Å². The molecule has 1 rings (SSSR count). The molecule has 5 nitrogen and oxygen atoms in total. The number of hydrogen-bond acceptors (Lipinski definition) is 5. The zero-order valence-corrected chi connectivity index (χ0v) is 13.5. The van der Waals surface area contributed by atoms with Crippen LogP contribution in [0.15, 0.2) is 7.41 Å². The van der Waals surface area contributed by atoms with Crippen LogP contribution in [0.5, 0.6) is 0 Å². The quantitative estimate of drug-likeness (QED) is 0.257. The van der Waals surface area contributed by atoms with Gasteiger partial charge in [0.15, 0.2) is 0 Å². The molecule has 0 aliphatic carbocycles. The van der Waals surface area contributed by atoms with Crippen molar-refractivity contribution in [3.05, 3.63) is 7.41 Å². The molecule has 1 aliphatic heterocycles. The monoisotopic (exact) mass is 526 g/mol. The molecule has 0 aromatic rings. The number of halogens is 3. The molecule has 0 fully saturated rings. The standard InChI is InChI=1S/C5H8I2N2.HIO3/c1-8-3-9(2)5(7)4(8)6;2-1(3)4/h3H2,1-2H3;2H. The second-order valence-electron chi connectivity index (χ2n) is 2.32. The van der Waals surface area contributed by atoms with Gasteiger partial charge in [-0.15, -0.1) is 0 Å². The predicted octanol–water partition coefficient (Wildman–Crippen LogP) is -4.11.